The molecule has 0 fully saturated rings. The first-order valence-corrected chi connectivity index (χ1v) is 5.42. The van der Waals surface area contributed by atoms with Crippen LogP contribution in [0.1, 0.15) is 12.5 Å². The number of hydrogen-bond donors (Lipinski definition) is 0. The van der Waals surface area contributed by atoms with Crippen molar-refractivity contribution in [1.82, 2.24) is 0 Å². The lowest BCUT2D eigenvalue weighted by atomic mass is 10.1. The lowest BCUT2D eigenvalue weighted by Crippen LogP contribution is -2.16. The van der Waals surface area contributed by atoms with Gasteiger partial charge >= 0.3 is 0 Å². The van der Waals surface area contributed by atoms with Crippen molar-refractivity contribution in [3.63, 3.8) is 0 Å². The average molecular weight is 251 g/mol. The average Bonchev–Trinajstić information content (AvgIpc) is 2.37. The highest BCUT2D eigenvalue weighted by Crippen LogP contribution is 2.40. The molecule has 0 aromatic heterocycles. The number of nitro groups is 1. The molecule has 0 radical (unpaired) electrons. The van der Waals surface area contributed by atoms with Crippen molar-refractivity contribution in [2.75, 3.05) is 20.3 Å². The van der Waals surface area contributed by atoms with E-state index in [-0.39, 0.29) is 5.70 Å². The maximum Gasteiger partial charge on any atom is 0.243 e. The predicted molar refractivity (Wildman–Crippen MR) is 64.6 cm³/mol. The van der Waals surface area contributed by atoms with E-state index in [0.717, 1.165) is 0 Å². The van der Waals surface area contributed by atoms with Gasteiger partial charge in [0.25, 0.3) is 0 Å². The minimum Gasteiger partial charge on any atom is -0.493 e. The minimum atomic E-state index is -0.441. The first-order valence-electron chi connectivity index (χ1n) is 5.42. The van der Waals surface area contributed by atoms with Gasteiger partial charge in [0.1, 0.15) is 13.2 Å². The van der Waals surface area contributed by atoms with Crippen molar-refractivity contribution < 1.29 is 19.1 Å². The quantitative estimate of drug-likeness (QED) is 0.607. The van der Waals surface area contributed by atoms with Gasteiger partial charge in [-0.25, -0.2) is 0 Å². The number of benzene rings is 1. The Morgan fingerprint density at radius 2 is 2.17 bits per heavy atom. The Hall–Kier alpha value is -2.24. The highest BCUT2D eigenvalue weighted by molar-refractivity contribution is 5.62. The summed E-state index contributed by atoms with van der Waals surface area (Å²) in [6, 6.07) is 3.38. The SMILES string of the molecule is COc1cc(/C=C(/C)[N+](=O)[O-])cc2c1OCCO2. The Bertz CT molecular complexity index is 492. The highest BCUT2D eigenvalue weighted by atomic mass is 16.6. The number of ether oxygens (including phenoxy) is 3. The van der Waals surface area contributed by atoms with Crippen LogP contribution in [0.15, 0.2) is 17.8 Å². The second kappa shape index (κ2) is 4.95. The molecule has 0 N–H and O–H groups in total. The van der Waals surface area contributed by atoms with Gasteiger partial charge in [-0.1, -0.05) is 0 Å². The largest absolute Gasteiger partial charge is 0.493 e. The summed E-state index contributed by atoms with van der Waals surface area (Å²) < 4.78 is 16.1. The van der Waals surface area contributed by atoms with Crippen LogP contribution in [0.4, 0.5) is 0 Å². The van der Waals surface area contributed by atoms with Crippen LogP contribution in [-0.4, -0.2) is 25.2 Å². The first-order chi connectivity index (χ1) is 8.61. The van der Waals surface area contributed by atoms with E-state index in [9.17, 15) is 10.1 Å². The molecule has 0 spiro atoms. The summed E-state index contributed by atoms with van der Waals surface area (Å²) in [6.45, 7) is 2.35. The van der Waals surface area contributed by atoms with E-state index in [1.54, 1.807) is 12.1 Å². The van der Waals surface area contributed by atoms with Crippen LogP contribution in [0.5, 0.6) is 17.2 Å². The van der Waals surface area contributed by atoms with E-state index in [2.05, 4.69) is 0 Å². The van der Waals surface area contributed by atoms with E-state index in [4.69, 9.17) is 14.2 Å². The Labute approximate surface area is 104 Å². The Kier molecular flexibility index (Phi) is 3.36. The molecule has 0 aliphatic carbocycles. The van der Waals surface area contributed by atoms with Crippen molar-refractivity contribution in [2.24, 2.45) is 0 Å². The third kappa shape index (κ3) is 2.37. The molecule has 0 atom stereocenters. The Balaban J connectivity index is 2.44. The molecule has 0 unspecified atom stereocenters. The molecule has 0 saturated carbocycles. The number of allylic oxidation sites excluding steroid dienone is 1. The standard InChI is InChI=1S/C12H13NO5/c1-8(13(14)15)5-9-6-10(16-2)12-11(7-9)17-3-4-18-12/h5-7H,3-4H2,1-2H3/b8-5-. The minimum absolute atomic E-state index is 0.0498. The topological polar surface area (TPSA) is 70.8 Å². The maximum atomic E-state index is 10.6. The Morgan fingerprint density at radius 3 is 2.83 bits per heavy atom. The molecule has 6 heteroatoms. The zero-order valence-corrected chi connectivity index (χ0v) is 10.1. The van der Waals surface area contributed by atoms with Gasteiger partial charge < -0.3 is 14.2 Å². The van der Waals surface area contributed by atoms with Gasteiger partial charge in [0, 0.05) is 13.0 Å². The monoisotopic (exact) mass is 251 g/mol. The molecule has 96 valence electrons. The lowest BCUT2D eigenvalue weighted by molar-refractivity contribution is -0.422. The molecular weight excluding hydrogens is 238 g/mol. The van der Waals surface area contributed by atoms with E-state index in [1.807, 2.05) is 0 Å². The number of hydrogen-bond acceptors (Lipinski definition) is 5. The van der Waals surface area contributed by atoms with Crippen molar-refractivity contribution in [2.45, 2.75) is 6.92 Å². The van der Waals surface area contributed by atoms with E-state index >= 15 is 0 Å². The summed E-state index contributed by atoms with van der Waals surface area (Å²) in [5, 5.41) is 10.6. The zero-order chi connectivity index (χ0) is 13.1. The molecule has 1 aromatic rings. The number of methoxy groups -OCH3 is 1. The second-order valence-corrected chi connectivity index (χ2v) is 3.79. The summed E-state index contributed by atoms with van der Waals surface area (Å²) in [7, 11) is 1.52. The fourth-order valence-electron chi connectivity index (χ4n) is 1.67. The summed E-state index contributed by atoms with van der Waals surface area (Å²) in [4.78, 5) is 10.2. The van der Waals surface area contributed by atoms with Crippen LogP contribution in [0, 0.1) is 10.1 Å². The number of rotatable bonds is 3. The van der Waals surface area contributed by atoms with Crippen molar-refractivity contribution in [3.05, 3.63) is 33.5 Å². The molecule has 1 heterocycles. The summed E-state index contributed by atoms with van der Waals surface area (Å²) in [5.41, 5.74) is 0.694. The normalized spacial score (nSPS) is 14.2. The third-order valence-electron chi connectivity index (χ3n) is 2.51. The van der Waals surface area contributed by atoms with E-state index in [1.165, 1.54) is 20.1 Å². The molecule has 0 saturated heterocycles. The maximum absolute atomic E-state index is 10.6. The van der Waals surface area contributed by atoms with Gasteiger partial charge in [-0.3, -0.25) is 10.1 Å². The molecule has 0 amide bonds. The van der Waals surface area contributed by atoms with Gasteiger partial charge in [-0.2, -0.15) is 0 Å². The number of fused-ring (bicyclic) bond motifs is 1. The van der Waals surface area contributed by atoms with Gasteiger partial charge in [0.05, 0.1) is 12.0 Å². The molecule has 0 bridgehead atoms. The van der Waals surface area contributed by atoms with Gasteiger partial charge in [-0.15, -0.1) is 0 Å². The van der Waals surface area contributed by atoms with Gasteiger partial charge in [0.2, 0.25) is 11.4 Å². The van der Waals surface area contributed by atoms with Crippen LogP contribution in [0.3, 0.4) is 0 Å². The van der Waals surface area contributed by atoms with Crippen LogP contribution >= 0.6 is 0 Å². The van der Waals surface area contributed by atoms with Crippen LogP contribution < -0.4 is 14.2 Å². The van der Waals surface area contributed by atoms with E-state index in [0.29, 0.717) is 36.0 Å². The fraction of sp³-hybridized carbons (Fsp3) is 0.333. The second-order valence-electron chi connectivity index (χ2n) is 3.79. The summed E-state index contributed by atoms with van der Waals surface area (Å²) in [6.07, 6.45) is 1.46. The van der Waals surface area contributed by atoms with Crippen LogP contribution in [0.25, 0.3) is 6.08 Å². The van der Waals surface area contributed by atoms with Crippen LogP contribution in [0.2, 0.25) is 0 Å². The van der Waals surface area contributed by atoms with Gasteiger partial charge in [0.15, 0.2) is 11.5 Å². The molecule has 1 aliphatic heterocycles. The lowest BCUT2D eigenvalue weighted by Gasteiger charge is -2.20. The van der Waals surface area contributed by atoms with Crippen LogP contribution in [-0.2, 0) is 0 Å². The predicted octanol–water partition coefficient (Wildman–Crippen LogP) is 2.10. The molecule has 18 heavy (non-hydrogen) atoms. The highest BCUT2D eigenvalue weighted by Gasteiger charge is 2.18. The molecule has 1 aromatic carbocycles. The molecule has 2 rings (SSSR count). The van der Waals surface area contributed by atoms with Crippen molar-refractivity contribution in [1.29, 1.82) is 0 Å². The molecule has 1 aliphatic rings. The fourth-order valence-corrected chi connectivity index (χ4v) is 1.67. The van der Waals surface area contributed by atoms with Crippen molar-refractivity contribution >= 4 is 6.08 Å². The Morgan fingerprint density at radius 1 is 1.44 bits per heavy atom. The molecular formula is C12H13NO5. The van der Waals surface area contributed by atoms with Crippen molar-refractivity contribution in [3.8, 4) is 17.2 Å². The van der Waals surface area contributed by atoms with E-state index < -0.39 is 4.92 Å². The zero-order valence-electron chi connectivity index (χ0n) is 10.1. The first kappa shape index (κ1) is 12.2. The summed E-state index contributed by atoms with van der Waals surface area (Å²) in [5.74, 6) is 1.59. The van der Waals surface area contributed by atoms with Gasteiger partial charge in [-0.05, 0) is 17.7 Å². The summed E-state index contributed by atoms with van der Waals surface area (Å²) >= 11 is 0. The third-order valence-corrected chi connectivity index (χ3v) is 2.51. The molecule has 6 nitrogen and oxygen atoms in total. The number of nitrogens with zero attached hydrogens (tertiary/aromatic N) is 1. The smallest absolute Gasteiger partial charge is 0.243 e.